The van der Waals surface area contributed by atoms with Crippen molar-refractivity contribution >= 4 is 11.7 Å². The summed E-state index contributed by atoms with van der Waals surface area (Å²) in [6, 6.07) is 3.97. The number of nitrogen functional groups attached to an aromatic ring is 1. The Morgan fingerprint density at radius 2 is 2.10 bits per heavy atom. The highest BCUT2D eigenvalue weighted by molar-refractivity contribution is 5.79. The zero-order valence-corrected chi connectivity index (χ0v) is 11.5. The fourth-order valence-electron chi connectivity index (χ4n) is 2.30. The molecular formula is C14H19F2NO3. The van der Waals surface area contributed by atoms with Gasteiger partial charge in [0.25, 0.3) is 0 Å². The molecule has 3 N–H and O–H groups in total. The van der Waals surface area contributed by atoms with Gasteiger partial charge >= 0.3 is 12.6 Å². The molecule has 1 aromatic carbocycles. The molecule has 1 rings (SSSR count). The highest BCUT2D eigenvalue weighted by Crippen LogP contribution is 2.34. The van der Waals surface area contributed by atoms with Crippen LogP contribution in [-0.4, -0.2) is 17.7 Å². The van der Waals surface area contributed by atoms with Gasteiger partial charge in [0.1, 0.15) is 5.75 Å². The van der Waals surface area contributed by atoms with Crippen LogP contribution in [0, 0.1) is 5.92 Å². The lowest BCUT2D eigenvalue weighted by Gasteiger charge is -2.22. The van der Waals surface area contributed by atoms with Crippen LogP contribution in [0.1, 0.15) is 38.2 Å². The van der Waals surface area contributed by atoms with Crippen LogP contribution in [0.2, 0.25) is 0 Å². The Morgan fingerprint density at radius 1 is 1.45 bits per heavy atom. The van der Waals surface area contributed by atoms with Crippen molar-refractivity contribution in [2.75, 3.05) is 5.73 Å². The molecule has 0 spiro atoms. The molecule has 2 unspecified atom stereocenters. The average molecular weight is 287 g/mol. The largest absolute Gasteiger partial charge is 0.481 e. The maximum absolute atomic E-state index is 12.2. The fourth-order valence-corrected chi connectivity index (χ4v) is 2.30. The quantitative estimate of drug-likeness (QED) is 0.753. The van der Waals surface area contributed by atoms with Crippen LogP contribution in [0.4, 0.5) is 14.5 Å². The molecule has 1 aromatic rings. The molecule has 0 aliphatic heterocycles. The Bertz CT molecular complexity index is 466. The first-order valence-corrected chi connectivity index (χ1v) is 6.43. The molecule has 4 nitrogen and oxygen atoms in total. The number of anilines is 1. The number of alkyl halides is 2. The number of rotatable bonds is 7. The summed E-state index contributed by atoms with van der Waals surface area (Å²) >= 11 is 0. The second-order valence-corrected chi connectivity index (χ2v) is 4.75. The van der Waals surface area contributed by atoms with Gasteiger partial charge in [0.05, 0.1) is 5.92 Å². The molecule has 0 fully saturated rings. The normalized spacial score (nSPS) is 14.1. The van der Waals surface area contributed by atoms with Crippen molar-refractivity contribution in [1.29, 1.82) is 0 Å². The summed E-state index contributed by atoms with van der Waals surface area (Å²) < 4.78 is 28.7. The van der Waals surface area contributed by atoms with Gasteiger partial charge in [-0.1, -0.05) is 20.3 Å². The molecule has 20 heavy (non-hydrogen) atoms. The third-order valence-electron chi connectivity index (χ3n) is 3.20. The summed E-state index contributed by atoms with van der Waals surface area (Å²) in [6.07, 6.45) is 1.54. The van der Waals surface area contributed by atoms with Gasteiger partial charge in [0.15, 0.2) is 0 Å². The van der Waals surface area contributed by atoms with E-state index in [1.54, 1.807) is 0 Å². The number of carbonyl (C=O) groups is 1. The van der Waals surface area contributed by atoms with Crippen LogP contribution in [0.25, 0.3) is 0 Å². The first kappa shape index (κ1) is 16.2. The smallest absolute Gasteiger partial charge is 0.387 e. The molecule has 0 amide bonds. The number of carboxylic acids is 1. The molecule has 2 atom stereocenters. The van der Waals surface area contributed by atoms with Gasteiger partial charge in [0, 0.05) is 5.69 Å². The zero-order valence-electron chi connectivity index (χ0n) is 11.5. The van der Waals surface area contributed by atoms with E-state index in [-0.39, 0.29) is 17.4 Å². The Labute approximate surface area is 116 Å². The molecule has 0 saturated heterocycles. The third-order valence-corrected chi connectivity index (χ3v) is 3.20. The van der Waals surface area contributed by atoms with Crippen LogP contribution in [-0.2, 0) is 4.79 Å². The molecule has 0 saturated carbocycles. The predicted molar refractivity (Wildman–Crippen MR) is 71.9 cm³/mol. The number of hydrogen-bond acceptors (Lipinski definition) is 3. The van der Waals surface area contributed by atoms with Gasteiger partial charge in [-0.2, -0.15) is 8.78 Å². The van der Waals surface area contributed by atoms with Gasteiger partial charge in [-0.25, -0.2) is 0 Å². The van der Waals surface area contributed by atoms with Gasteiger partial charge in [-0.15, -0.1) is 0 Å². The minimum absolute atomic E-state index is 0.0841. The van der Waals surface area contributed by atoms with E-state index in [4.69, 9.17) is 5.73 Å². The van der Waals surface area contributed by atoms with Crippen molar-refractivity contribution in [2.24, 2.45) is 5.92 Å². The molecule has 0 radical (unpaired) electrons. The molecule has 6 heteroatoms. The van der Waals surface area contributed by atoms with E-state index in [2.05, 4.69) is 4.74 Å². The number of aliphatic carboxylic acids is 1. The van der Waals surface area contributed by atoms with E-state index in [9.17, 15) is 18.7 Å². The minimum Gasteiger partial charge on any atom is -0.481 e. The highest BCUT2D eigenvalue weighted by atomic mass is 19.3. The van der Waals surface area contributed by atoms with Crippen LogP contribution in [0.5, 0.6) is 5.75 Å². The van der Waals surface area contributed by atoms with Crippen LogP contribution < -0.4 is 10.5 Å². The van der Waals surface area contributed by atoms with Crippen molar-refractivity contribution in [3.8, 4) is 5.75 Å². The van der Waals surface area contributed by atoms with E-state index in [0.717, 1.165) is 6.42 Å². The molecule has 112 valence electrons. The SMILES string of the molecule is CCCC(C)C(C(=O)O)c1cc(OC(F)F)ccc1N. The summed E-state index contributed by atoms with van der Waals surface area (Å²) in [6.45, 7) is 0.806. The molecular weight excluding hydrogens is 268 g/mol. The first-order chi connectivity index (χ1) is 9.36. The Hall–Kier alpha value is -1.85. The molecule has 0 heterocycles. The van der Waals surface area contributed by atoms with Crippen LogP contribution >= 0.6 is 0 Å². The lowest BCUT2D eigenvalue weighted by molar-refractivity contribution is -0.140. The molecule has 0 aliphatic rings. The Morgan fingerprint density at radius 3 is 2.60 bits per heavy atom. The van der Waals surface area contributed by atoms with Crippen molar-refractivity contribution in [3.05, 3.63) is 23.8 Å². The highest BCUT2D eigenvalue weighted by Gasteiger charge is 2.28. The van der Waals surface area contributed by atoms with E-state index in [0.29, 0.717) is 12.0 Å². The number of ether oxygens (including phenoxy) is 1. The van der Waals surface area contributed by atoms with E-state index in [1.165, 1.54) is 18.2 Å². The van der Waals surface area contributed by atoms with Gasteiger partial charge < -0.3 is 15.6 Å². The van der Waals surface area contributed by atoms with Gasteiger partial charge in [-0.05, 0) is 36.1 Å². The van der Waals surface area contributed by atoms with Crippen molar-refractivity contribution in [1.82, 2.24) is 0 Å². The second kappa shape index (κ2) is 7.07. The monoisotopic (exact) mass is 287 g/mol. The maximum Gasteiger partial charge on any atom is 0.387 e. The van der Waals surface area contributed by atoms with Crippen molar-refractivity contribution in [2.45, 2.75) is 39.2 Å². The maximum atomic E-state index is 12.2. The van der Waals surface area contributed by atoms with Crippen molar-refractivity contribution < 1.29 is 23.4 Å². The van der Waals surface area contributed by atoms with Crippen LogP contribution in [0.3, 0.4) is 0 Å². The number of halogens is 2. The van der Waals surface area contributed by atoms with Gasteiger partial charge in [0.2, 0.25) is 0 Å². The lowest BCUT2D eigenvalue weighted by atomic mass is 9.83. The van der Waals surface area contributed by atoms with E-state index >= 15 is 0 Å². The first-order valence-electron chi connectivity index (χ1n) is 6.43. The van der Waals surface area contributed by atoms with E-state index < -0.39 is 18.5 Å². The Kier molecular flexibility index (Phi) is 5.73. The number of nitrogens with two attached hydrogens (primary N) is 1. The summed E-state index contributed by atoms with van der Waals surface area (Å²) in [5.41, 5.74) is 6.37. The summed E-state index contributed by atoms with van der Waals surface area (Å²) in [5.74, 6) is -2.09. The molecule has 0 bridgehead atoms. The topological polar surface area (TPSA) is 72.5 Å². The summed E-state index contributed by atoms with van der Waals surface area (Å²) in [4.78, 5) is 11.5. The van der Waals surface area contributed by atoms with Crippen molar-refractivity contribution in [3.63, 3.8) is 0 Å². The average Bonchev–Trinajstić information content (AvgIpc) is 2.32. The summed E-state index contributed by atoms with van der Waals surface area (Å²) in [7, 11) is 0. The fraction of sp³-hybridized carbons (Fsp3) is 0.500. The number of hydrogen-bond donors (Lipinski definition) is 2. The third kappa shape index (κ3) is 4.08. The lowest BCUT2D eigenvalue weighted by Crippen LogP contribution is -2.21. The zero-order chi connectivity index (χ0) is 15.3. The Balaban J connectivity index is 3.14. The van der Waals surface area contributed by atoms with E-state index in [1.807, 2.05) is 13.8 Å². The predicted octanol–water partition coefficient (Wildman–Crippen LogP) is 3.47. The number of carboxylic acid groups (broad SMARTS) is 1. The second-order valence-electron chi connectivity index (χ2n) is 4.75. The van der Waals surface area contributed by atoms with Gasteiger partial charge in [-0.3, -0.25) is 4.79 Å². The standard InChI is InChI=1S/C14H19F2NO3/c1-3-4-8(2)12(13(18)19)10-7-9(20-14(15)16)5-6-11(10)17/h5-8,12,14H,3-4,17H2,1-2H3,(H,18,19). The molecule has 0 aromatic heterocycles. The molecule has 0 aliphatic carbocycles. The van der Waals surface area contributed by atoms with Crippen LogP contribution in [0.15, 0.2) is 18.2 Å². The minimum atomic E-state index is -2.96. The number of benzene rings is 1. The summed E-state index contributed by atoms with van der Waals surface area (Å²) in [5, 5.41) is 9.38.